The van der Waals surface area contributed by atoms with Gasteiger partial charge in [-0.15, -0.1) is 0 Å². The van der Waals surface area contributed by atoms with Crippen LogP contribution >= 0.6 is 0 Å². The summed E-state index contributed by atoms with van der Waals surface area (Å²) < 4.78 is 0. The summed E-state index contributed by atoms with van der Waals surface area (Å²) in [5, 5.41) is 8.76. The minimum Gasteiger partial charge on any atom is -0.357 e. The molecule has 3 heteroatoms. The molecule has 2 heterocycles. The Labute approximate surface area is 190 Å². The lowest BCUT2D eigenvalue weighted by Gasteiger charge is -2.27. The quantitative estimate of drug-likeness (QED) is 0.353. The summed E-state index contributed by atoms with van der Waals surface area (Å²) in [6.45, 7) is 6.41. The highest BCUT2D eigenvalue weighted by Gasteiger charge is 2.26. The third kappa shape index (κ3) is 3.46. The molecule has 162 valence electrons. The molecule has 32 heavy (non-hydrogen) atoms. The number of benzene rings is 3. The summed E-state index contributed by atoms with van der Waals surface area (Å²) in [7, 11) is 0. The second-order valence-corrected chi connectivity index (χ2v) is 9.61. The molecule has 0 fully saturated rings. The molecule has 0 radical (unpaired) electrons. The van der Waals surface area contributed by atoms with Gasteiger partial charge in [0.15, 0.2) is 0 Å². The average Bonchev–Trinajstić information content (AvgIpc) is 3.43. The number of H-pyrrole nitrogens is 1. The van der Waals surface area contributed by atoms with Gasteiger partial charge in [0.1, 0.15) is 0 Å². The predicted octanol–water partition coefficient (Wildman–Crippen LogP) is 6.47. The van der Waals surface area contributed by atoms with E-state index < -0.39 is 0 Å². The van der Waals surface area contributed by atoms with Crippen molar-refractivity contribution in [2.45, 2.75) is 58.3 Å². The minimum atomic E-state index is 0.327. The Kier molecular flexibility index (Phi) is 4.89. The van der Waals surface area contributed by atoms with Crippen molar-refractivity contribution < 1.29 is 0 Å². The van der Waals surface area contributed by atoms with Crippen LogP contribution in [0.4, 0.5) is 0 Å². The lowest BCUT2D eigenvalue weighted by Crippen LogP contribution is -2.27. The number of aryl methyl sites for hydroxylation is 2. The Balaban J connectivity index is 1.32. The largest absolute Gasteiger partial charge is 0.357 e. The van der Waals surface area contributed by atoms with Crippen LogP contribution < -0.4 is 10.6 Å². The standard InChI is InChI=1S/C29H31N3/c1-18-6-8-20(9-7-18)19(2)31-28-5-3-4-25-26-15-22(12-13-27(26)32-29(25)28)21-10-11-23-16-30-17-24(23)14-21/h6-15,19,28,30-32H,3-5,16-17H2,1-2H3/t19-,28?/m1/s1. The van der Waals surface area contributed by atoms with Gasteiger partial charge in [0.2, 0.25) is 0 Å². The maximum Gasteiger partial charge on any atom is 0.0480 e. The minimum absolute atomic E-state index is 0.327. The molecule has 6 rings (SSSR count). The number of fused-ring (bicyclic) bond motifs is 4. The molecule has 1 aliphatic carbocycles. The van der Waals surface area contributed by atoms with E-state index in [1.165, 1.54) is 68.4 Å². The molecule has 3 N–H and O–H groups in total. The summed E-state index contributed by atoms with van der Waals surface area (Å²) in [5.41, 5.74) is 12.3. The predicted molar refractivity (Wildman–Crippen MR) is 133 cm³/mol. The number of rotatable bonds is 4. The van der Waals surface area contributed by atoms with E-state index in [4.69, 9.17) is 0 Å². The molecule has 0 bridgehead atoms. The molecule has 0 amide bonds. The molecule has 0 saturated carbocycles. The second kappa shape index (κ2) is 7.91. The fourth-order valence-electron chi connectivity index (χ4n) is 5.54. The Bertz CT molecular complexity index is 1280. The molecule has 0 spiro atoms. The average molecular weight is 422 g/mol. The van der Waals surface area contributed by atoms with Crippen molar-refractivity contribution in [3.63, 3.8) is 0 Å². The number of hydrogen-bond acceptors (Lipinski definition) is 2. The Morgan fingerprint density at radius 3 is 2.56 bits per heavy atom. The van der Waals surface area contributed by atoms with Crippen LogP contribution in [0.25, 0.3) is 22.0 Å². The molecule has 2 atom stereocenters. The van der Waals surface area contributed by atoms with Crippen molar-refractivity contribution in [3.05, 3.63) is 94.2 Å². The van der Waals surface area contributed by atoms with Gasteiger partial charge in [0.25, 0.3) is 0 Å². The maximum absolute atomic E-state index is 3.91. The summed E-state index contributed by atoms with van der Waals surface area (Å²) >= 11 is 0. The summed E-state index contributed by atoms with van der Waals surface area (Å²) in [4.78, 5) is 3.78. The normalized spacial score (nSPS) is 18.5. The fourth-order valence-corrected chi connectivity index (χ4v) is 5.54. The maximum atomic E-state index is 3.91. The van der Waals surface area contributed by atoms with Crippen molar-refractivity contribution >= 4 is 10.9 Å². The first-order valence-electron chi connectivity index (χ1n) is 12.0. The van der Waals surface area contributed by atoms with Crippen LogP contribution in [-0.2, 0) is 19.5 Å². The van der Waals surface area contributed by atoms with Crippen LogP contribution in [0.5, 0.6) is 0 Å². The number of hydrogen-bond donors (Lipinski definition) is 3. The number of aromatic nitrogens is 1. The smallest absolute Gasteiger partial charge is 0.0480 e. The van der Waals surface area contributed by atoms with Gasteiger partial charge in [-0.2, -0.15) is 0 Å². The van der Waals surface area contributed by atoms with E-state index in [9.17, 15) is 0 Å². The van der Waals surface area contributed by atoms with Gasteiger partial charge in [-0.1, -0.05) is 48.0 Å². The van der Waals surface area contributed by atoms with Gasteiger partial charge < -0.3 is 15.6 Å². The van der Waals surface area contributed by atoms with Crippen LogP contribution in [0.3, 0.4) is 0 Å². The molecular weight excluding hydrogens is 390 g/mol. The van der Waals surface area contributed by atoms with E-state index in [2.05, 4.69) is 90.1 Å². The second-order valence-electron chi connectivity index (χ2n) is 9.61. The molecule has 0 saturated heterocycles. The first-order valence-corrected chi connectivity index (χ1v) is 12.0. The first-order chi connectivity index (χ1) is 15.7. The fraction of sp³-hybridized carbons (Fsp3) is 0.310. The van der Waals surface area contributed by atoms with Crippen LogP contribution in [0.1, 0.15) is 65.4 Å². The highest BCUT2D eigenvalue weighted by Crippen LogP contribution is 2.38. The summed E-state index contributed by atoms with van der Waals surface area (Å²) in [6.07, 6.45) is 3.57. The van der Waals surface area contributed by atoms with Gasteiger partial charge >= 0.3 is 0 Å². The zero-order valence-corrected chi connectivity index (χ0v) is 19.0. The third-order valence-corrected chi connectivity index (χ3v) is 7.41. The SMILES string of the molecule is Cc1ccc([C@@H](C)NC2CCCc3c2[nH]c2ccc(-c4ccc5c(c4)CNC5)cc32)cc1. The van der Waals surface area contributed by atoms with E-state index in [-0.39, 0.29) is 0 Å². The van der Waals surface area contributed by atoms with E-state index in [1.54, 1.807) is 0 Å². The van der Waals surface area contributed by atoms with Crippen molar-refractivity contribution in [2.75, 3.05) is 0 Å². The van der Waals surface area contributed by atoms with Crippen LogP contribution in [-0.4, -0.2) is 4.98 Å². The molecule has 3 aromatic carbocycles. The summed E-state index contributed by atoms with van der Waals surface area (Å²) in [6, 6.07) is 23.5. The van der Waals surface area contributed by atoms with Crippen LogP contribution in [0.2, 0.25) is 0 Å². The molecule has 1 aliphatic heterocycles. The van der Waals surface area contributed by atoms with Gasteiger partial charge in [-0.25, -0.2) is 0 Å². The Hall–Kier alpha value is -2.88. The van der Waals surface area contributed by atoms with Crippen LogP contribution in [0, 0.1) is 6.92 Å². The number of nitrogens with one attached hydrogen (secondary N) is 3. The van der Waals surface area contributed by atoms with Crippen molar-refractivity contribution in [1.82, 2.24) is 15.6 Å². The summed E-state index contributed by atoms with van der Waals surface area (Å²) in [5.74, 6) is 0. The van der Waals surface area contributed by atoms with Gasteiger partial charge in [0, 0.05) is 41.8 Å². The van der Waals surface area contributed by atoms with Crippen LogP contribution in [0.15, 0.2) is 60.7 Å². The van der Waals surface area contributed by atoms with Gasteiger partial charge in [0.05, 0.1) is 0 Å². The lowest BCUT2D eigenvalue weighted by atomic mass is 9.90. The zero-order valence-electron chi connectivity index (χ0n) is 19.0. The molecule has 1 unspecified atom stereocenters. The van der Waals surface area contributed by atoms with Crippen molar-refractivity contribution in [1.29, 1.82) is 0 Å². The van der Waals surface area contributed by atoms with Crippen molar-refractivity contribution in [2.24, 2.45) is 0 Å². The Morgan fingerprint density at radius 2 is 1.69 bits per heavy atom. The van der Waals surface area contributed by atoms with Gasteiger partial charge in [-0.05, 0) is 84.7 Å². The van der Waals surface area contributed by atoms with E-state index in [1.807, 2.05) is 0 Å². The topological polar surface area (TPSA) is 39.9 Å². The molecular formula is C29H31N3. The third-order valence-electron chi connectivity index (χ3n) is 7.41. The first kappa shape index (κ1) is 19.8. The van der Waals surface area contributed by atoms with Gasteiger partial charge in [-0.3, -0.25) is 0 Å². The van der Waals surface area contributed by atoms with Crippen molar-refractivity contribution in [3.8, 4) is 11.1 Å². The van der Waals surface area contributed by atoms with E-state index in [0.717, 1.165) is 19.5 Å². The van der Waals surface area contributed by atoms with E-state index in [0.29, 0.717) is 12.1 Å². The Morgan fingerprint density at radius 1 is 0.906 bits per heavy atom. The zero-order chi connectivity index (χ0) is 21.7. The molecule has 1 aromatic heterocycles. The highest BCUT2D eigenvalue weighted by atomic mass is 15.0. The highest BCUT2D eigenvalue weighted by molar-refractivity contribution is 5.89. The lowest BCUT2D eigenvalue weighted by molar-refractivity contribution is 0.410. The number of aromatic amines is 1. The molecule has 2 aliphatic rings. The monoisotopic (exact) mass is 421 g/mol. The molecule has 4 aromatic rings. The van der Waals surface area contributed by atoms with E-state index >= 15 is 0 Å². The molecule has 3 nitrogen and oxygen atoms in total.